The van der Waals surface area contributed by atoms with E-state index < -0.39 is 0 Å². The number of ether oxygens (including phenoxy) is 4. The summed E-state index contributed by atoms with van der Waals surface area (Å²) in [4.78, 5) is 4.52. The maximum atomic E-state index is 13.3. The number of methoxy groups -OCH3 is 4. The van der Waals surface area contributed by atoms with Crippen molar-refractivity contribution in [3.63, 3.8) is 0 Å². The van der Waals surface area contributed by atoms with Gasteiger partial charge in [-0.3, -0.25) is 0 Å². The molecule has 0 spiro atoms. The highest BCUT2D eigenvalue weighted by Crippen LogP contribution is 2.40. The lowest BCUT2D eigenvalue weighted by Crippen LogP contribution is -2.12. The number of benzene rings is 2. The highest BCUT2D eigenvalue weighted by molar-refractivity contribution is 5.62. The second kappa shape index (κ2) is 9.98. The summed E-state index contributed by atoms with van der Waals surface area (Å²) in [5.74, 6) is 2.12. The fourth-order valence-corrected chi connectivity index (χ4v) is 3.25. The first-order valence-electron chi connectivity index (χ1n) is 9.45. The fourth-order valence-electron chi connectivity index (χ4n) is 3.25. The molecule has 0 fully saturated rings. The first kappa shape index (κ1) is 21.4. The van der Waals surface area contributed by atoms with Gasteiger partial charge in [0.1, 0.15) is 5.82 Å². The summed E-state index contributed by atoms with van der Waals surface area (Å²) in [6.45, 7) is 1.56. The molecule has 1 aromatic heterocycles. The Kier molecular flexibility index (Phi) is 7.13. The topological polar surface area (TPSA) is 66.8 Å². The minimum Gasteiger partial charge on any atom is -0.493 e. The fraction of sp³-hybridized carbons (Fsp3) is 0.318. The number of hydrogen-bond donors (Lipinski definition) is 1. The van der Waals surface area contributed by atoms with Crippen molar-refractivity contribution in [2.24, 2.45) is 0 Å². The largest absolute Gasteiger partial charge is 0.493 e. The molecule has 0 aliphatic heterocycles. The summed E-state index contributed by atoms with van der Waals surface area (Å²) in [6.07, 6.45) is 1.76. The van der Waals surface area contributed by atoms with E-state index in [1.807, 2.05) is 16.7 Å². The van der Waals surface area contributed by atoms with Crippen LogP contribution < -0.4 is 19.5 Å². The van der Waals surface area contributed by atoms with Crippen LogP contribution in [0.1, 0.15) is 5.56 Å². The molecular formula is C22H26FN3O4. The molecular weight excluding hydrogens is 389 g/mol. The van der Waals surface area contributed by atoms with Gasteiger partial charge in [0.15, 0.2) is 11.5 Å². The number of aromatic nitrogens is 2. The molecule has 1 N–H and O–H groups in total. The first-order chi connectivity index (χ1) is 14.6. The van der Waals surface area contributed by atoms with Crippen molar-refractivity contribution in [3.8, 4) is 28.5 Å². The normalized spacial score (nSPS) is 10.7. The van der Waals surface area contributed by atoms with Crippen molar-refractivity contribution in [3.05, 3.63) is 54.0 Å². The van der Waals surface area contributed by atoms with E-state index in [0.29, 0.717) is 42.9 Å². The molecule has 7 nitrogen and oxygen atoms in total. The van der Waals surface area contributed by atoms with E-state index in [-0.39, 0.29) is 5.82 Å². The van der Waals surface area contributed by atoms with Gasteiger partial charge >= 0.3 is 0 Å². The van der Waals surface area contributed by atoms with Gasteiger partial charge in [0.05, 0.1) is 39.8 Å². The summed E-state index contributed by atoms with van der Waals surface area (Å²) < 4.78 is 36.9. The van der Waals surface area contributed by atoms with E-state index in [4.69, 9.17) is 18.9 Å². The second-order valence-electron chi connectivity index (χ2n) is 6.47. The number of nitrogens with zero attached hydrogens (tertiary/aromatic N) is 2. The average molecular weight is 415 g/mol. The van der Waals surface area contributed by atoms with Gasteiger partial charge in [0.25, 0.3) is 0 Å². The quantitative estimate of drug-likeness (QED) is 0.540. The average Bonchev–Trinajstić information content (AvgIpc) is 3.18. The summed E-state index contributed by atoms with van der Waals surface area (Å²) in [5.41, 5.74) is 2.63. The molecule has 3 aromatic rings. The van der Waals surface area contributed by atoms with Gasteiger partial charge < -0.3 is 28.8 Å². The van der Waals surface area contributed by atoms with Crippen molar-refractivity contribution in [1.29, 1.82) is 0 Å². The van der Waals surface area contributed by atoms with Crippen LogP contribution >= 0.6 is 0 Å². The lowest BCUT2D eigenvalue weighted by molar-refractivity contribution is 0.188. The third kappa shape index (κ3) is 4.49. The van der Waals surface area contributed by atoms with Crippen LogP contribution in [0.5, 0.6) is 17.2 Å². The monoisotopic (exact) mass is 415 g/mol. The van der Waals surface area contributed by atoms with E-state index in [1.165, 1.54) is 12.1 Å². The molecule has 30 heavy (non-hydrogen) atoms. The van der Waals surface area contributed by atoms with E-state index in [2.05, 4.69) is 10.3 Å². The highest BCUT2D eigenvalue weighted by Gasteiger charge is 2.17. The SMILES string of the molecule is COCCn1c(-c2ccc(F)cc2)cnc1NCc1ccc(OC)c(OC)c1OC. The molecule has 3 rings (SSSR count). The van der Waals surface area contributed by atoms with Gasteiger partial charge in [-0.1, -0.05) is 0 Å². The minimum absolute atomic E-state index is 0.277. The van der Waals surface area contributed by atoms with E-state index in [9.17, 15) is 4.39 Å². The van der Waals surface area contributed by atoms with Crippen molar-refractivity contribution < 1.29 is 23.3 Å². The van der Waals surface area contributed by atoms with Gasteiger partial charge in [-0.2, -0.15) is 0 Å². The Balaban J connectivity index is 1.89. The number of rotatable bonds is 10. The van der Waals surface area contributed by atoms with Gasteiger partial charge in [-0.25, -0.2) is 9.37 Å². The van der Waals surface area contributed by atoms with E-state index >= 15 is 0 Å². The predicted octanol–water partition coefficient (Wildman–Crippen LogP) is 3.97. The molecule has 0 amide bonds. The minimum atomic E-state index is -0.277. The summed E-state index contributed by atoms with van der Waals surface area (Å²) in [6, 6.07) is 10.1. The molecule has 0 aliphatic rings. The third-order valence-corrected chi connectivity index (χ3v) is 4.74. The van der Waals surface area contributed by atoms with Gasteiger partial charge in [-0.15, -0.1) is 0 Å². The lowest BCUT2D eigenvalue weighted by atomic mass is 10.1. The van der Waals surface area contributed by atoms with Gasteiger partial charge in [0, 0.05) is 31.3 Å². The number of nitrogens with one attached hydrogen (secondary N) is 1. The molecule has 1 heterocycles. The Morgan fingerprint density at radius 2 is 1.67 bits per heavy atom. The van der Waals surface area contributed by atoms with Gasteiger partial charge in [-0.05, 0) is 36.4 Å². The Bertz CT molecular complexity index is 973. The van der Waals surface area contributed by atoms with Crippen LogP contribution in [0.3, 0.4) is 0 Å². The van der Waals surface area contributed by atoms with E-state index in [1.54, 1.807) is 46.8 Å². The highest BCUT2D eigenvalue weighted by atomic mass is 19.1. The molecule has 8 heteroatoms. The molecule has 2 aromatic carbocycles. The number of hydrogen-bond acceptors (Lipinski definition) is 6. The Morgan fingerprint density at radius 1 is 0.933 bits per heavy atom. The molecule has 0 atom stereocenters. The van der Waals surface area contributed by atoms with Gasteiger partial charge in [0.2, 0.25) is 11.7 Å². The zero-order chi connectivity index (χ0) is 21.5. The van der Waals surface area contributed by atoms with Crippen LogP contribution in [0.25, 0.3) is 11.3 Å². The first-order valence-corrected chi connectivity index (χ1v) is 9.45. The van der Waals surface area contributed by atoms with E-state index in [0.717, 1.165) is 16.8 Å². The standard InChI is InChI=1S/C22H26FN3O4/c1-27-12-11-26-18(15-5-8-17(23)9-6-15)14-25-22(26)24-13-16-7-10-19(28-2)21(30-4)20(16)29-3/h5-10,14H,11-13H2,1-4H3,(H,24,25). The zero-order valence-electron chi connectivity index (χ0n) is 17.6. The zero-order valence-corrected chi connectivity index (χ0v) is 17.6. The van der Waals surface area contributed by atoms with Crippen molar-refractivity contribution >= 4 is 5.95 Å². The third-order valence-electron chi connectivity index (χ3n) is 4.74. The molecule has 0 saturated carbocycles. The summed E-state index contributed by atoms with van der Waals surface area (Å²) >= 11 is 0. The molecule has 0 saturated heterocycles. The lowest BCUT2D eigenvalue weighted by Gasteiger charge is -2.17. The number of anilines is 1. The van der Waals surface area contributed by atoms with Crippen LogP contribution in [0.2, 0.25) is 0 Å². The maximum absolute atomic E-state index is 13.3. The molecule has 160 valence electrons. The molecule has 0 bridgehead atoms. The predicted molar refractivity (Wildman–Crippen MR) is 113 cm³/mol. The van der Waals surface area contributed by atoms with Crippen molar-refractivity contribution in [1.82, 2.24) is 9.55 Å². The van der Waals surface area contributed by atoms with Crippen molar-refractivity contribution in [2.45, 2.75) is 13.1 Å². The van der Waals surface area contributed by atoms with Crippen LogP contribution in [0, 0.1) is 5.82 Å². The van der Waals surface area contributed by atoms with Crippen LogP contribution in [-0.2, 0) is 17.8 Å². The Morgan fingerprint density at radius 3 is 2.30 bits per heavy atom. The van der Waals surface area contributed by atoms with Crippen LogP contribution in [0.15, 0.2) is 42.6 Å². The Hall–Kier alpha value is -3.26. The number of imidazole rings is 1. The number of halogens is 1. The van der Waals surface area contributed by atoms with Crippen molar-refractivity contribution in [2.75, 3.05) is 40.4 Å². The molecule has 0 aliphatic carbocycles. The molecule has 0 radical (unpaired) electrons. The second-order valence-corrected chi connectivity index (χ2v) is 6.47. The maximum Gasteiger partial charge on any atom is 0.203 e. The van der Waals surface area contributed by atoms with Crippen LogP contribution in [0.4, 0.5) is 10.3 Å². The Labute approximate surface area is 175 Å². The molecule has 0 unspecified atom stereocenters. The summed E-state index contributed by atoms with van der Waals surface area (Å²) in [5, 5.41) is 3.35. The summed E-state index contributed by atoms with van der Waals surface area (Å²) in [7, 11) is 6.39. The van der Waals surface area contributed by atoms with Crippen LogP contribution in [-0.4, -0.2) is 44.6 Å². The smallest absolute Gasteiger partial charge is 0.203 e.